The van der Waals surface area contributed by atoms with E-state index in [2.05, 4.69) is 65.9 Å². The number of nitrogens with zero attached hydrogens (tertiary/aromatic N) is 2. The van der Waals surface area contributed by atoms with Crippen molar-refractivity contribution in [2.24, 2.45) is 0 Å². The Kier molecular flexibility index (Phi) is 5.78. The summed E-state index contributed by atoms with van der Waals surface area (Å²) in [5, 5.41) is 11.9. The predicted octanol–water partition coefficient (Wildman–Crippen LogP) is 6.65. The van der Waals surface area contributed by atoms with Crippen molar-refractivity contribution in [1.82, 2.24) is 4.90 Å². The fourth-order valence-electron chi connectivity index (χ4n) is 4.25. The summed E-state index contributed by atoms with van der Waals surface area (Å²) in [6, 6.07) is 22.6. The van der Waals surface area contributed by atoms with Crippen molar-refractivity contribution in [1.29, 1.82) is 0 Å². The quantitative estimate of drug-likeness (QED) is 0.314. The van der Waals surface area contributed by atoms with E-state index in [1.807, 2.05) is 42.5 Å². The van der Waals surface area contributed by atoms with Crippen molar-refractivity contribution >= 4 is 48.5 Å². The minimum Gasteiger partial charge on any atom is -0.506 e. The molecular formula is C25H22Br2N2O2. The molecule has 158 valence electrons. The molecule has 2 heterocycles. The number of furan rings is 1. The number of halogens is 2. The van der Waals surface area contributed by atoms with Gasteiger partial charge in [0.05, 0.1) is 4.47 Å². The summed E-state index contributed by atoms with van der Waals surface area (Å²) in [6.07, 6.45) is 0. The Morgan fingerprint density at radius 2 is 1.52 bits per heavy atom. The van der Waals surface area contributed by atoms with E-state index in [0.29, 0.717) is 15.7 Å². The molecule has 0 spiro atoms. The molecule has 4 nitrogen and oxygen atoms in total. The molecule has 4 aromatic rings. The molecule has 1 fully saturated rings. The first-order valence-electron chi connectivity index (χ1n) is 10.3. The lowest BCUT2D eigenvalue weighted by atomic mass is 10.0. The zero-order chi connectivity index (χ0) is 21.4. The molecular weight excluding hydrogens is 520 g/mol. The number of fused-ring (bicyclic) bond motifs is 1. The van der Waals surface area contributed by atoms with Crippen LogP contribution in [0.2, 0.25) is 0 Å². The molecule has 0 aliphatic carbocycles. The van der Waals surface area contributed by atoms with Crippen LogP contribution < -0.4 is 4.90 Å². The van der Waals surface area contributed by atoms with Gasteiger partial charge < -0.3 is 14.4 Å². The molecule has 0 atom stereocenters. The third-order valence-electron chi connectivity index (χ3n) is 5.88. The van der Waals surface area contributed by atoms with E-state index in [4.69, 9.17) is 4.42 Å². The van der Waals surface area contributed by atoms with Gasteiger partial charge in [0.15, 0.2) is 4.67 Å². The van der Waals surface area contributed by atoms with E-state index >= 15 is 0 Å². The summed E-state index contributed by atoms with van der Waals surface area (Å²) < 4.78 is 7.39. The average molecular weight is 542 g/mol. The molecule has 1 aliphatic rings. The number of phenolic OH excluding ortho intramolecular Hbond substituents is 1. The first-order chi connectivity index (χ1) is 15.1. The molecule has 1 N–H and O–H groups in total. The van der Waals surface area contributed by atoms with E-state index in [-0.39, 0.29) is 5.75 Å². The summed E-state index contributed by atoms with van der Waals surface area (Å²) in [5.41, 5.74) is 4.88. The molecule has 0 unspecified atom stereocenters. The second kappa shape index (κ2) is 8.69. The number of phenols is 1. The molecule has 1 aliphatic heterocycles. The summed E-state index contributed by atoms with van der Waals surface area (Å²) in [4.78, 5) is 4.79. The van der Waals surface area contributed by atoms with Gasteiger partial charge in [0, 0.05) is 54.9 Å². The van der Waals surface area contributed by atoms with Gasteiger partial charge in [-0.15, -0.1) is 0 Å². The minimum atomic E-state index is 0.281. The smallest absolute Gasteiger partial charge is 0.178 e. The van der Waals surface area contributed by atoms with Gasteiger partial charge in [0.1, 0.15) is 11.3 Å². The van der Waals surface area contributed by atoms with Gasteiger partial charge in [-0.05, 0) is 55.6 Å². The maximum absolute atomic E-state index is 11.0. The summed E-state index contributed by atoms with van der Waals surface area (Å²) in [7, 11) is 0. The van der Waals surface area contributed by atoms with Crippen molar-refractivity contribution in [2.75, 3.05) is 31.1 Å². The van der Waals surface area contributed by atoms with E-state index in [1.165, 1.54) is 5.69 Å². The Morgan fingerprint density at radius 1 is 0.871 bits per heavy atom. The van der Waals surface area contributed by atoms with Gasteiger partial charge >= 0.3 is 0 Å². The highest BCUT2D eigenvalue weighted by Gasteiger charge is 2.23. The van der Waals surface area contributed by atoms with E-state index in [1.54, 1.807) is 0 Å². The predicted molar refractivity (Wildman–Crippen MR) is 133 cm³/mol. The van der Waals surface area contributed by atoms with Crippen LogP contribution in [0.1, 0.15) is 5.56 Å². The maximum Gasteiger partial charge on any atom is 0.178 e. The molecule has 0 radical (unpaired) electrons. The van der Waals surface area contributed by atoms with Gasteiger partial charge in [-0.2, -0.15) is 0 Å². The zero-order valence-corrected chi connectivity index (χ0v) is 20.1. The maximum atomic E-state index is 11.0. The fraction of sp³-hybridized carbons (Fsp3) is 0.200. The lowest BCUT2D eigenvalue weighted by Gasteiger charge is -2.36. The normalized spacial score (nSPS) is 15.0. The molecule has 0 amide bonds. The minimum absolute atomic E-state index is 0.281. The van der Waals surface area contributed by atoms with Crippen LogP contribution in [0.15, 0.2) is 80.3 Å². The van der Waals surface area contributed by atoms with Gasteiger partial charge in [0.2, 0.25) is 0 Å². The van der Waals surface area contributed by atoms with Crippen molar-refractivity contribution in [2.45, 2.75) is 6.54 Å². The van der Waals surface area contributed by atoms with E-state index in [9.17, 15) is 5.11 Å². The molecule has 5 rings (SSSR count). The third kappa shape index (κ3) is 4.00. The van der Waals surface area contributed by atoms with E-state index in [0.717, 1.165) is 53.8 Å². The average Bonchev–Trinajstić information content (AvgIpc) is 3.14. The van der Waals surface area contributed by atoms with Gasteiger partial charge in [-0.25, -0.2) is 0 Å². The van der Waals surface area contributed by atoms with Gasteiger partial charge in [-0.1, -0.05) is 48.5 Å². The van der Waals surface area contributed by atoms with Crippen LogP contribution in [0.4, 0.5) is 5.69 Å². The Hall–Kier alpha value is -2.28. The van der Waals surface area contributed by atoms with Crippen LogP contribution in [-0.4, -0.2) is 36.2 Å². The summed E-state index contributed by atoms with van der Waals surface area (Å²) in [5.74, 6) is 0.281. The second-order valence-corrected chi connectivity index (χ2v) is 9.30. The molecule has 1 aromatic heterocycles. The molecule has 31 heavy (non-hydrogen) atoms. The topological polar surface area (TPSA) is 39.9 Å². The van der Waals surface area contributed by atoms with Crippen LogP contribution >= 0.6 is 31.9 Å². The number of hydrogen-bond donors (Lipinski definition) is 1. The van der Waals surface area contributed by atoms with Crippen LogP contribution in [0.5, 0.6) is 5.75 Å². The van der Waals surface area contributed by atoms with Crippen LogP contribution in [-0.2, 0) is 6.54 Å². The second-order valence-electron chi connectivity index (χ2n) is 7.79. The highest BCUT2D eigenvalue weighted by molar-refractivity contribution is 9.11. The highest BCUT2D eigenvalue weighted by atomic mass is 79.9. The van der Waals surface area contributed by atoms with Crippen molar-refractivity contribution < 1.29 is 9.52 Å². The number of rotatable bonds is 4. The van der Waals surface area contributed by atoms with Crippen molar-refractivity contribution in [3.05, 3.63) is 81.4 Å². The number of hydrogen-bond acceptors (Lipinski definition) is 4. The summed E-state index contributed by atoms with van der Waals surface area (Å²) in [6.45, 7) is 4.52. The largest absolute Gasteiger partial charge is 0.506 e. The lowest BCUT2D eigenvalue weighted by molar-refractivity contribution is 0.246. The number of piperazine rings is 1. The van der Waals surface area contributed by atoms with Crippen LogP contribution in [0.3, 0.4) is 0 Å². The van der Waals surface area contributed by atoms with Gasteiger partial charge in [-0.3, -0.25) is 4.90 Å². The highest BCUT2D eigenvalue weighted by Crippen LogP contribution is 2.46. The Balaban J connectivity index is 1.40. The number of aromatic hydroxyl groups is 1. The Morgan fingerprint density at radius 3 is 2.19 bits per heavy atom. The Bertz CT molecular complexity index is 1200. The first-order valence-corrected chi connectivity index (χ1v) is 11.9. The molecule has 1 saturated heterocycles. The van der Waals surface area contributed by atoms with Gasteiger partial charge in [0.25, 0.3) is 0 Å². The van der Waals surface area contributed by atoms with Crippen molar-refractivity contribution in [3.63, 3.8) is 0 Å². The first kappa shape index (κ1) is 20.6. The molecule has 3 aromatic carbocycles. The molecule has 6 heteroatoms. The Labute approximate surface area is 198 Å². The summed E-state index contributed by atoms with van der Waals surface area (Å²) >= 11 is 7.21. The zero-order valence-electron chi connectivity index (χ0n) is 16.9. The number of benzene rings is 3. The van der Waals surface area contributed by atoms with Crippen molar-refractivity contribution in [3.8, 4) is 16.9 Å². The van der Waals surface area contributed by atoms with Crippen LogP contribution in [0.25, 0.3) is 22.1 Å². The lowest BCUT2D eigenvalue weighted by Crippen LogP contribution is -2.45. The number of para-hydroxylation sites is 1. The molecule has 0 bridgehead atoms. The number of anilines is 1. The monoisotopic (exact) mass is 540 g/mol. The van der Waals surface area contributed by atoms with E-state index < -0.39 is 0 Å². The van der Waals surface area contributed by atoms with Crippen LogP contribution in [0, 0.1) is 0 Å². The third-order valence-corrected chi connectivity index (χ3v) is 7.21. The molecule has 0 saturated carbocycles. The fourth-order valence-corrected chi connectivity index (χ4v) is 5.50. The SMILES string of the molecule is Oc1c(CN2CCN(c3ccccc3)CC2)cc2oc(Br)c(-c3ccccc3)c2c1Br. The standard InChI is InChI=1S/C25H22Br2N2O2/c26-23-22-20(31-25(27)21(22)17-7-3-1-4-8-17)15-18(24(23)30)16-28-11-13-29(14-12-28)19-9-5-2-6-10-19/h1-10,15,30H,11-14,16H2.